The number of carbonyl (C=O) groups is 1. The van der Waals surface area contributed by atoms with Crippen LogP contribution in [0.2, 0.25) is 0 Å². The summed E-state index contributed by atoms with van der Waals surface area (Å²) in [5.74, 6) is 0. The summed E-state index contributed by atoms with van der Waals surface area (Å²) < 4.78 is 160. The predicted octanol–water partition coefficient (Wildman–Crippen LogP) is 7.82. The van der Waals surface area contributed by atoms with Gasteiger partial charge in [0.05, 0.1) is 40.6 Å². The quantitative estimate of drug-likeness (QED) is 0.221. The summed E-state index contributed by atoms with van der Waals surface area (Å²) in [5, 5.41) is 4.38. The fraction of sp³-hybridized carbons (Fsp3) is 0.364. The van der Waals surface area contributed by atoms with E-state index in [0.29, 0.717) is 30.5 Å². The summed E-state index contributed by atoms with van der Waals surface area (Å²) in [6.07, 6.45) is -20.8. The second-order valence-corrected chi connectivity index (χ2v) is 8.07. The largest absolute Gasteiger partial charge is 0.416 e. The molecule has 0 spiro atoms. The lowest BCUT2D eigenvalue weighted by Crippen LogP contribution is -2.23. The van der Waals surface area contributed by atoms with Gasteiger partial charge in [0.2, 0.25) is 0 Å². The first-order chi connectivity index (χ1) is 16.8. The molecule has 0 radical (unpaired) electrons. The van der Waals surface area contributed by atoms with Crippen molar-refractivity contribution < 1.29 is 57.5 Å². The number of carbonyl (C=O) groups excluding carboxylic acids is 1. The summed E-state index contributed by atoms with van der Waals surface area (Å²) >= 11 is 0. The minimum absolute atomic E-state index is 0.0764. The van der Waals surface area contributed by atoms with E-state index in [-0.39, 0.29) is 31.3 Å². The molecule has 0 aliphatic carbocycles. The summed E-state index contributed by atoms with van der Waals surface area (Å²) in [6, 6.07) is -1.58. The smallest absolute Gasteiger partial charge is 0.297 e. The number of aldehydes is 1. The van der Waals surface area contributed by atoms with Crippen LogP contribution in [0.25, 0.3) is 0 Å². The van der Waals surface area contributed by atoms with Gasteiger partial charge in [0.1, 0.15) is 0 Å². The van der Waals surface area contributed by atoms with E-state index >= 15 is 0 Å². The molecule has 1 aliphatic heterocycles. The van der Waals surface area contributed by atoms with E-state index < -0.39 is 70.2 Å². The first kappa shape index (κ1) is 28.3. The summed E-state index contributed by atoms with van der Waals surface area (Å²) in [6.45, 7) is 0. The van der Waals surface area contributed by atoms with Crippen LogP contribution in [0.15, 0.2) is 41.5 Å². The maximum atomic E-state index is 13.3. The molecule has 1 heterocycles. The number of halogens is 12. The Kier molecular flexibility index (Phi) is 7.32. The van der Waals surface area contributed by atoms with Gasteiger partial charge in [0.15, 0.2) is 6.29 Å². The third-order valence-corrected chi connectivity index (χ3v) is 5.60. The van der Waals surface area contributed by atoms with Crippen LogP contribution >= 0.6 is 0 Å². The number of rotatable bonds is 4. The van der Waals surface area contributed by atoms with E-state index in [9.17, 15) is 57.5 Å². The Morgan fingerprint density at radius 1 is 0.595 bits per heavy atom. The molecule has 1 saturated heterocycles. The Balaban J connectivity index is 2.18. The van der Waals surface area contributed by atoms with Crippen LogP contribution in [0, 0.1) is 0 Å². The molecule has 0 N–H and O–H groups in total. The van der Waals surface area contributed by atoms with Crippen LogP contribution in [-0.2, 0) is 29.5 Å². The molecule has 1 fully saturated rings. The Hall–Kier alpha value is -3.26. The topological polar surface area (TPSA) is 32.7 Å². The molecule has 3 rings (SSSR count). The first-order valence-electron chi connectivity index (χ1n) is 10.2. The minimum atomic E-state index is -5.20. The highest BCUT2D eigenvalue weighted by molar-refractivity contribution is 6.12. The second kappa shape index (κ2) is 9.56. The van der Waals surface area contributed by atoms with Crippen molar-refractivity contribution in [1.82, 2.24) is 5.01 Å². The van der Waals surface area contributed by atoms with Gasteiger partial charge in [0.25, 0.3) is 0 Å². The molecule has 0 amide bonds. The predicted molar refractivity (Wildman–Crippen MR) is 104 cm³/mol. The van der Waals surface area contributed by atoms with E-state index in [1.165, 1.54) is 0 Å². The molecule has 0 unspecified atom stereocenters. The fourth-order valence-corrected chi connectivity index (χ4v) is 4.04. The molecular weight excluding hydrogens is 536 g/mol. The molecule has 0 bridgehead atoms. The number of hydrogen-bond acceptors (Lipinski definition) is 3. The zero-order valence-electron chi connectivity index (χ0n) is 18.0. The van der Waals surface area contributed by atoms with E-state index in [2.05, 4.69) is 5.10 Å². The van der Waals surface area contributed by atoms with Gasteiger partial charge in [-0.3, -0.25) is 9.80 Å². The van der Waals surface area contributed by atoms with Gasteiger partial charge in [-0.05, 0) is 60.4 Å². The van der Waals surface area contributed by atoms with Crippen molar-refractivity contribution >= 4 is 12.5 Å². The number of benzene rings is 2. The highest BCUT2D eigenvalue weighted by atomic mass is 19.4. The molecule has 2 atom stereocenters. The van der Waals surface area contributed by atoms with Gasteiger partial charge in [0, 0.05) is 0 Å². The van der Waals surface area contributed by atoms with Crippen LogP contribution in [0.5, 0.6) is 0 Å². The monoisotopic (exact) mass is 550 g/mol. The van der Waals surface area contributed by atoms with Crippen molar-refractivity contribution in [2.45, 2.75) is 49.6 Å². The highest BCUT2D eigenvalue weighted by Crippen LogP contribution is 2.48. The fourth-order valence-electron chi connectivity index (χ4n) is 4.04. The summed E-state index contributed by atoms with van der Waals surface area (Å²) in [4.78, 5) is 10.8. The number of hydrogen-bond donors (Lipinski definition) is 0. The average Bonchev–Trinajstić information content (AvgIpc) is 3.18. The maximum absolute atomic E-state index is 13.3. The standard InChI is InChI=1S/C22H14F12N2O/c23-19(24,25)13-5-11(6-14(9-13)20(26,27)28)17-1-2-18(36(17)35-3-4-37)12-7-15(21(29,30)31)10-16(8-12)22(32,33)34/h3-10,17-18H,1-2H2/b35-3+/t17-,18-/m0/s1. The minimum Gasteiger partial charge on any atom is -0.297 e. The Bertz CT molecular complexity index is 1030. The second-order valence-electron chi connectivity index (χ2n) is 8.07. The molecular formula is C22H14F12N2O. The molecule has 0 aromatic heterocycles. The molecule has 2 aromatic carbocycles. The van der Waals surface area contributed by atoms with Gasteiger partial charge < -0.3 is 0 Å². The summed E-state index contributed by atoms with van der Waals surface area (Å²) in [5.41, 5.74) is -7.85. The van der Waals surface area contributed by atoms with Crippen molar-refractivity contribution in [1.29, 1.82) is 0 Å². The molecule has 202 valence electrons. The van der Waals surface area contributed by atoms with Crippen molar-refractivity contribution in [2.75, 3.05) is 0 Å². The van der Waals surface area contributed by atoms with Crippen LogP contribution in [0.3, 0.4) is 0 Å². The Morgan fingerprint density at radius 3 is 1.14 bits per heavy atom. The zero-order valence-corrected chi connectivity index (χ0v) is 18.0. The molecule has 0 saturated carbocycles. The normalized spacial score (nSPS) is 19.6. The molecule has 2 aromatic rings. The summed E-state index contributed by atoms with van der Waals surface area (Å²) in [7, 11) is 0. The molecule has 15 heteroatoms. The van der Waals surface area contributed by atoms with Crippen molar-refractivity contribution in [2.24, 2.45) is 5.10 Å². The molecule has 37 heavy (non-hydrogen) atoms. The van der Waals surface area contributed by atoms with Crippen LogP contribution in [0.4, 0.5) is 52.7 Å². The van der Waals surface area contributed by atoms with Gasteiger partial charge >= 0.3 is 24.7 Å². The molecule has 3 nitrogen and oxygen atoms in total. The average molecular weight is 550 g/mol. The zero-order chi connectivity index (χ0) is 28.0. The van der Waals surface area contributed by atoms with E-state index in [0.717, 1.165) is 5.01 Å². The van der Waals surface area contributed by atoms with Crippen molar-refractivity contribution in [3.63, 3.8) is 0 Å². The maximum Gasteiger partial charge on any atom is 0.416 e. The van der Waals surface area contributed by atoms with E-state index in [1.54, 1.807) is 0 Å². The SMILES string of the molecule is O=C/C=N/N1[C@H](c2cc(C(F)(F)F)cc(C(F)(F)F)c2)CC[C@H]1c1cc(C(F)(F)F)cc(C(F)(F)F)c1. The number of alkyl halides is 12. The highest BCUT2D eigenvalue weighted by Gasteiger charge is 2.43. The lowest BCUT2D eigenvalue weighted by Gasteiger charge is -2.29. The molecule has 1 aliphatic rings. The first-order valence-corrected chi connectivity index (χ1v) is 10.2. The van der Waals surface area contributed by atoms with E-state index in [1.807, 2.05) is 0 Å². The Labute approximate surface area is 200 Å². The van der Waals surface area contributed by atoms with Crippen molar-refractivity contribution in [3.8, 4) is 0 Å². The van der Waals surface area contributed by atoms with Crippen LogP contribution in [0.1, 0.15) is 58.3 Å². The van der Waals surface area contributed by atoms with Gasteiger partial charge in [-0.25, -0.2) is 0 Å². The van der Waals surface area contributed by atoms with Crippen LogP contribution in [-0.4, -0.2) is 17.5 Å². The number of nitrogens with zero attached hydrogens (tertiary/aromatic N) is 2. The van der Waals surface area contributed by atoms with Crippen LogP contribution < -0.4 is 0 Å². The lowest BCUT2D eigenvalue weighted by atomic mass is 9.97. The Morgan fingerprint density at radius 2 is 0.892 bits per heavy atom. The van der Waals surface area contributed by atoms with Crippen molar-refractivity contribution in [3.05, 3.63) is 69.8 Å². The van der Waals surface area contributed by atoms with Gasteiger partial charge in [-0.15, -0.1) is 0 Å². The van der Waals surface area contributed by atoms with Gasteiger partial charge in [-0.2, -0.15) is 57.8 Å². The van der Waals surface area contributed by atoms with E-state index in [4.69, 9.17) is 0 Å². The third-order valence-electron chi connectivity index (χ3n) is 5.60. The number of hydrazone groups is 1. The third kappa shape index (κ3) is 6.36. The lowest BCUT2D eigenvalue weighted by molar-refractivity contribution is -0.144. The van der Waals surface area contributed by atoms with Gasteiger partial charge in [-0.1, -0.05) is 0 Å².